The standard InChI is InChI=1S/C31H38N5OP/c1-5-23-21-26(13-16-29(23)36-19-17-35(4)18-20-36)33-31-32-22-25-9-8-10-28(30(25)34-31)24-11-14-27(15-12-24)38(37,6-2)7-3/h8-16,21-22H,5-7,17-20H2,1-4H3,(H,32,33,34). The van der Waals surface area contributed by atoms with Gasteiger partial charge in [0.05, 0.1) is 5.52 Å². The van der Waals surface area contributed by atoms with Gasteiger partial charge in [-0.15, -0.1) is 0 Å². The van der Waals surface area contributed by atoms with E-state index < -0.39 is 7.14 Å². The first-order chi connectivity index (χ1) is 18.4. The average molecular weight is 528 g/mol. The van der Waals surface area contributed by atoms with Gasteiger partial charge in [-0.25, -0.2) is 9.97 Å². The molecule has 2 heterocycles. The molecule has 0 radical (unpaired) electrons. The molecule has 0 amide bonds. The molecule has 1 aliphatic rings. The van der Waals surface area contributed by atoms with Crippen LogP contribution in [0.5, 0.6) is 0 Å². The number of benzene rings is 3. The fourth-order valence-electron chi connectivity index (χ4n) is 5.28. The highest BCUT2D eigenvalue weighted by Gasteiger charge is 2.20. The van der Waals surface area contributed by atoms with E-state index in [-0.39, 0.29) is 0 Å². The highest BCUT2D eigenvalue weighted by Crippen LogP contribution is 2.43. The largest absolute Gasteiger partial charge is 0.369 e. The molecule has 0 unspecified atom stereocenters. The Labute approximate surface area is 226 Å². The zero-order chi connectivity index (χ0) is 26.7. The Kier molecular flexibility index (Phi) is 7.83. The van der Waals surface area contributed by atoms with Crippen LogP contribution in [-0.2, 0) is 11.0 Å². The Morgan fingerprint density at radius 2 is 1.66 bits per heavy atom. The number of nitrogens with one attached hydrogen (secondary N) is 1. The molecule has 0 spiro atoms. The third-order valence-electron chi connectivity index (χ3n) is 7.84. The van der Waals surface area contributed by atoms with Crippen molar-refractivity contribution in [1.82, 2.24) is 14.9 Å². The Bertz CT molecular complexity index is 1450. The van der Waals surface area contributed by atoms with Crippen molar-refractivity contribution in [2.75, 3.05) is 55.8 Å². The van der Waals surface area contributed by atoms with Gasteiger partial charge in [0.15, 0.2) is 0 Å². The van der Waals surface area contributed by atoms with Gasteiger partial charge in [0.2, 0.25) is 5.95 Å². The Morgan fingerprint density at radius 1 is 0.921 bits per heavy atom. The number of para-hydroxylation sites is 1. The number of hydrogen-bond donors (Lipinski definition) is 1. The number of likely N-dealkylation sites (N-methyl/N-ethyl adjacent to an activating group) is 1. The molecule has 198 valence electrons. The molecule has 1 fully saturated rings. The predicted molar refractivity (Wildman–Crippen MR) is 162 cm³/mol. The fourth-order valence-corrected chi connectivity index (χ4v) is 7.15. The lowest BCUT2D eigenvalue weighted by molar-refractivity contribution is 0.312. The number of hydrogen-bond acceptors (Lipinski definition) is 6. The molecule has 0 atom stereocenters. The summed E-state index contributed by atoms with van der Waals surface area (Å²) < 4.78 is 13.2. The van der Waals surface area contributed by atoms with E-state index in [1.807, 2.05) is 44.3 Å². The minimum Gasteiger partial charge on any atom is -0.369 e. The van der Waals surface area contributed by atoms with E-state index in [0.717, 1.165) is 65.6 Å². The van der Waals surface area contributed by atoms with E-state index >= 15 is 0 Å². The topological polar surface area (TPSA) is 61.4 Å². The summed E-state index contributed by atoms with van der Waals surface area (Å²) in [6.07, 6.45) is 4.23. The van der Waals surface area contributed by atoms with Crippen LogP contribution in [0, 0.1) is 0 Å². The summed E-state index contributed by atoms with van der Waals surface area (Å²) in [5.41, 5.74) is 6.66. The van der Waals surface area contributed by atoms with Crippen molar-refractivity contribution in [2.45, 2.75) is 27.2 Å². The zero-order valence-electron chi connectivity index (χ0n) is 22.9. The van der Waals surface area contributed by atoms with E-state index in [1.54, 1.807) is 0 Å². The van der Waals surface area contributed by atoms with E-state index in [9.17, 15) is 4.57 Å². The van der Waals surface area contributed by atoms with Gasteiger partial charge in [0.1, 0.15) is 7.14 Å². The van der Waals surface area contributed by atoms with E-state index in [1.165, 1.54) is 11.3 Å². The summed E-state index contributed by atoms with van der Waals surface area (Å²) in [7, 11) is -0.116. The van der Waals surface area contributed by atoms with Crippen molar-refractivity contribution in [1.29, 1.82) is 0 Å². The maximum absolute atomic E-state index is 13.2. The molecular formula is C31H38N5OP. The van der Waals surface area contributed by atoms with Gasteiger partial charge < -0.3 is 19.7 Å². The quantitative estimate of drug-likeness (QED) is 0.268. The van der Waals surface area contributed by atoms with Crippen LogP contribution in [-0.4, -0.2) is 60.4 Å². The molecule has 1 saturated heterocycles. The lowest BCUT2D eigenvalue weighted by atomic mass is 10.0. The molecule has 6 nitrogen and oxygen atoms in total. The van der Waals surface area contributed by atoms with Crippen molar-refractivity contribution in [2.24, 2.45) is 0 Å². The van der Waals surface area contributed by atoms with Crippen LogP contribution < -0.4 is 15.5 Å². The average Bonchev–Trinajstić information content (AvgIpc) is 2.97. The third-order valence-corrected chi connectivity index (χ3v) is 11.1. The molecular weight excluding hydrogens is 489 g/mol. The molecule has 3 aromatic carbocycles. The number of rotatable bonds is 8. The van der Waals surface area contributed by atoms with Gasteiger partial charge >= 0.3 is 0 Å². The molecule has 4 aromatic rings. The molecule has 5 rings (SSSR count). The second-order valence-electron chi connectivity index (χ2n) is 10.1. The monoisotopic (exact) mass is 527 g/mol. The van der Waals surface area contributed by atoms with Crippen LogP contribution in [0.25, 0.3) is 22.0 Å². The Balaban J connectivity index is 1.43. The molecule has 0 saturated carbocycles. The van der Waals surface area contributed by atoms with Crippen molar-refractivity contribution in [3.05, 3.63) is 72.4 Å². The summed E-state index contributed by atoms with van der Waals surface area (Å²) in [5.74, 6) is 0.581. The number of aryl methyl sites for hydroxylation is 1. The summed E-state index contributed by atoms with van der Waals surface area (Å²) in [6.45, 7) is 10.5. The van der Waals surface area contributed by atoms with Crippen molar-refractivity contribution in [3.8, 4) is 11.1 Å². The van der Waals surface area contributed by atoms with Crippen LogP contribution >= 0.6 is 7.14 Å². The van der Waals surface area contributed by atoms with Gasteiger partial charge in [-0.1, -0.05) is 63.2 Å². The number of anilines is 3. The second kappa shape index (κ2) is 11.3. The molecule has 0 aliphatic carbocycles. The smallest absolute Gasteiger partial charge is 0.227 e. The highest BCUT2D eigenvalue weighted by atomic mass is 31.2. The van der Waals surface area contributed by atoms with Crippen LogP contribution in [0.3, 0.4) is 0 Å². The molecule has 7 heteroatoms. The summed E-state index contributed by atoms with van der Waals surface area (Å²) >= 11 is 0. The molecule has 1 aliphatic heterocycles. The first-order valence-electron chi connectivity index (χ1n) is 13.7. The number of fused-ring (bicyclic) bond motifs is 1. The lowest BCUT2D eigenvalue weighted by Crippen LogP contribution is -2.44. The Hall–Kier alpha value is -3.21. The lowest BCUT2D eigenvalue weighted by Gasteiger charge is -2.35. The first-order valence-corrected chi connectivity index (χ1v) is 15.8. The van der Waals surface area contributed by atoms with Crippen molar-refractivity contribution in [3.63, 3.8) is 0 Å². The number of piperazine rings is 1. The molecule has 38 heavy (non-hydrogen) atoms. The first kappa shape index (κ1) is 26.4. The highest BCUT2D eigenvalue weighted by molar-refractivity contribution is 7.71. The zero-order valence-corrected chi connectivity index (χ0v) is 23.8. The van der Waals surface area contributed by atoms with Crippen LogP contribution in [0.4, 0.5) is 17.3 Å². The minimum atomic E-state index is -2.30. The van der Waals surface area contributed by atoms with Gasteiger partial charge in [0, 0.05) is 72.3 Å². The minimum absolute atomic E-state index is 0.581. The molecule has 0 bridgehead atoms. The van der Waals surface area contributed by atoms with Gasteiger partial charge in [-0.2, -0.15) is 0 Å². The summed E-state index contributed by atoms with van der Waals surface area (Å²) in [5, 5.41) is 5.39. The van der Waals surface area contributed by atoms with E-state index in [4.69, 9.17) is 4.98 Å². The molecule has 1 aromatic heterocycles. The van der Waals surface area contributed by atoms with Gasteiger partial charge in [-0.3, -0.25) is 0 Å². The summed E-state index contributed by atoms with van der Waals surface area (Å²) in [6, 6.07) is 20.9. The third kappa shape index (κ3) is 5.34. The van der Waals surface area contributed by atoms with Crippen LogP contribution in [0.15, 0.2) is 66.9 Å². The molecule has 1 N–H and O–H groups in total. The van der Waals surface area contributed by atoms with Gasteiger partial charge in [-0.05, 0) is 42.8 Å². The maximum atomic E-state index is 13.2. The van der Waals surface area contributed by atoms with Crippen LogP contribution in [0.2, 0.25) is 0 Å². The Morgan fingerprint density at radius 3 is 2.34 bits per heavy atom. The van der Waals surface area contributed by atoms with Crippen molar-refractivity contribution < 1.29 is 4.57 Å². The number of aromatic nitrogens is 2. The van der Waals surface area contributed by atoms with Gasteiger partial charge in [0.25, 0.3) is 0 Å². The maximum Gasteiger partial charge on any atom is 0.227 e. The van der Waals surface area contributed by atoms with Crippen LogP contribution in [0.1, 0.15) is 26.3 Å². The normalized spacial score (nSPS) is 14.7. The summed E-state index contributed by atoms with van der Waals surface area (Å²) in [4.78, 5) is 14.4. The van der Waals surface area contributed by atoms with E-state index in [2.05, 4.69) is 70.5 Å². The predicted octanol–water partition coefficient (Wildman–Crippen LogP) is 6.38. The SMILES string of the molecule is CCc1cc(Nc2ncc3cccc(-c4ccc(P(=O)(CC)CC)cc4)c3n2)ccc1N1CCN(C)CC1. The number of nitrogens with zero attached hydrogens (tertiary/aromatic N) is 4. The van der Waals surface area contributed by atoms with Crippen molar-refractivity contribution >= 4 is 40.7 Å². The second-order valence-corrected chi connectivity index (χ2v) is 13.7. The van der Waals surface area contributed by atoms with E-state index in [0.29, 0.717) is 18.3 Å². The fraction of sp³-hybridized carbons (Fsp3) is 0.355.